The molecular formula is C11H19N. The first-order chi connectivity index (χ1) is 5.81. The lowest BCUT2D eigenvalue weighted by molar-refractivity contribution is 0.418. The van der Waals surface area contributed by atoms with Gasteiger partial charge in [0.05, 0.1) is 6.04 Å². The van der Waals surface area contributed by atoms with Gasteiger partial charge < -0.3 is 5.32 Å². The van der Waals surface area contributed by atoms with E-state index in [2.05, 4.69) is 25.1 Å². The highest BCUT2D eigenvalue weighted by atomic mass is 15.0. The summed E-state index contributed by atoms with van der Waals surface area (Å²) >= 11 is 0. The van der Waals surface area contributed by atoms with E-state index in [1.54, 1.807) is 0 Å². The normalized spacial score (nSPS) is 21.4. The van der Waals surface area contributed by atoms with E-state index in [1.807, 2.05) is 0 Å². The average Bonchev–Trinajstić information content (AvgIpc) is 2.90. The molecule has 0 bridgehead atoms. The zero-order chi connectivity index (χ0) is 8.97. The molecule has 0 aliphatic heterocycles. The van der Waals surface area contributed by atoms with Crippen molar-refractivity contribution in [1.29, 1.82) is 0 Å². The Labute approximate surface area is 75.9 Å². The first-order valence-electron chi connectivity index (χ1n) is 5.04. The van der Waals surface area contributed by atoms with Crippen LogP contribution in [-0.4, -0.2) is 12.1 Å². The molecule has 1 rings (SSSR count). The van der Waals surface area contributed by atoms with Crippen LogP contribution in [0.3, 0.4) is 0 Å². The molecule has 1 nitrogen and oxygen atoms in total. The summed E-state index contributed by atoms with van der Waals surface area (Å²) < 4.78 is 0. The van der Waals surface area contributed by atoms with E-state index in [0.717, 1.165) is 12.3 Å². The number of hydrogen-bond acceptors (Lipinski definition) is 1. The summed E-state index contributed by atoms with van der Waals surface area (Å²) in [7, 11) is 0. The summed E-state index contributed by atoms with van der Waals surface area (Å²) in [6.07, 6.45) is 10.4. The van der Waals surface area contributed by atoms with Gasteiger partial charge in [0.1, 0.15) is 0 Å². The van der Waals surface area contributed by atoms with E-state index in [4.69, 9.17) is 6.42 Å². The molecule has 1 saturated carbocycles. The third-order valence-electron chi connectivity index (χ3n) is 2.66. The Morgan fingerprint density at radius 2 is 2.08 bits per heavy atom. The van der Waals surface area contributed by atoms with E-state index in [0.29, 0.717) is 6.04 Å². The summed E-state index contributed by atoms with van der Waals surface area (Å²) in [5.41, 5.74) is 0. The summed E-state index contributed by atoms with van der Waals surface area (Å²) in [4.78, 5) is 0. The second-order valence-electron chi connectivity index (χ2n) is 3.65. The quantitative estimate of drug-likeness (QED) is 0.616. The largest absolute Gasteiger partial charge is 0.301 e. The van der Waals surface area contributed by atoms with Gasteiger partial charge in [0, 0.05) is 6.04 Å². The van der Waals surface area contributed by atoms with Gasteiger partial charge in [-0.15, -0.1) is 6.42 Å². The molecule has 1 N–H and O–H groups in total. The Bertz CT molecular complexity index is 164. The van der Waals surface area contributed by atoms with E-state index >= 15 is 0 Å². The Morgan fingerprint density at radius 1 is 1.42 bits per heavy atom. The topological polar surface area (TPSA) is 12.0 Å². The summed E-state index contributed by atoms with van der Waals surface area (Å²) in [5.74, 6) is 3.70. The zero-order valence-corrected chi connectivity index (χ0v) is 8.14. The van der Waals surface area contributed by atoms with Crippen LogP contribution in [0, 0.1) is 18.3 Å². The smallest absolute Gasteiger partial charge is 0.0686 e. The second-order valence-corrected chi connectivity index (χ2v) is 3.65. The van der Waals surface area contributed by atoms with Crippen LogP contribution < -0.4 is 5.32 Å². The minimum atomic E-state index is 0.288. The lowest BCUT2D eigenvalue weighted by Gasteiger charge is -2.20. The van der Waals surface area contributed by atoms with Crippen LogP contribution in [0.5, 0.6) is 0 Å². The Morgan fingerprint density at radius 3 is 2.42 bits per heavy atom. The zero-order valence-electron chi connectivity index (χ0n) is 8.14. The van der Waals surface area contributed by atoms with Crippen molar-refractivity contribution < 1.29 is 0 Å². The molecule has 0 aromatic heterocycles. The monoisotopic (exact) mass is 165 g/mol. The molecule has 1 heteroatoms. The maximum Gasteiger partial charge on any atom is 0.0686 e. The van der Waals surface area contributed by atoms with Crippen LogP contribution in [0.1, 0.15) is 39.5 Å². The van der Waals surface area contributed by atoms with E-state index in [-0.39, 0.29) is 6.04 Å². The van der Waals surface area contributed by atoms with Crippen molar-refractivity contribution >= 4 is 0 Å². The Balaban J connectivity index is 2.30. The highest BCUT2D eigenvalue weighted by Crippen LogP contribution is 2.34. The van der Waals surface area contributed by atoms with Gasteiger partial charge in [0.25, 0.3) is 0 Å². The van der Waals surface area contributed by atoms with Crippen LogP contribution >= 0.6 is 0 Å². The third kappa shape index (κ3) is 2.53. The third-order valence-corrected chi connectivity index (χ3v) is 2.66. The molecule has 0 radical (unpaired) electrons. The maximum atomic E-state index is 5.39. The first-order valence-corrected chi connectivity index (χ1v) is 5.04. The number of rotatable bonds is 5. The molecule has 12 heavy (non-hydrogen) atoms. The van der Waals surface area contributed by atoms with Crippen LogP contribution in [0.4, 0.5) is 0 Å². The molecule has 2 unspecified atom stereocenters. The average molecular weight is 165 g/mol. The highest BCUT2D eigenvalue weighted by molar-refractivity contribution is 5.00. The minimum absolute atomic E-state index is 0.288. The molecule has 2 atom stereocenters. The molecule has 0 aromatic carbocycles. The SMILES string of the molecule is C#CC(CC)NC(CC)C1CC1. The van der Waals surface area contributed by atoms with Crippen molar-refractivity contribution in [2.45, 2.75) is 51.6 Å². The van der Waals surface area contributed by atoms with Crippen molar-refractivity contribution in [3.63, 3.8) is 0 Å². The van der Waals surface area contributed by atoms with Gasteiger partial charge in [0.2, 0.25) is 0 Å². The fraction of sp³-hybridized carbons (Fsp3) is 0.818. The van der Waals surface area contributed by atoms with E-state index in [1.165, 1.54) is 19.3 Å². The summed E-state index contributed by atoms with van der Waals surface area (Å²) in [6, 6.07) is 0.960. The van der Waals surface area contributed by atoms with Crippen molar-refractivity contribution in [3.8, 4) is 12.3 Å². The van der Waals surface area contributed by atoms with Gasteiger partial charge in [-0.2, -0.15) is 0 Å². The molecule has 0 amide bonds. The van der Waals surface area contributed by atoms with Crippen molar-refractivity contribution in [2.75, 3.05) is 0 Å². The van der Waals surface area contributed by atoms with Crippen LogP contribution in [-0.2, 0) is 0 Å². The van der Waals surface area contributed by atoms with Gasteiger partial charge >= 0.3 is 0 Å². The predicted molar refractivity (Wildman–Crippen MR) is 52.9 cm³/mol. The standard InChI is InChI=1S/C11H19N/c1-4-10(5-2)12-11(6-3)9-7-8-9/h1,9-12H,5-8H2,2-3H3. The molecule has 1 fully saturated rings. The fourth-order valence-corrected chi connectivity index (χ4v) is 1.63. The fourth-order valence-electron chi connectivity index (χ4n) is 1.63. The molecular weight excluding hydrogens is 146 g/mol. The Kier molecular flexibility index (Phi) is 3.62. The lowest BCUT2D eigenvalue weighted by Crippen LogP contribution is -2.38. The van der Waals surface area contributed by atoms with Crippen LogP contribution in [0.25, 0.3) is 0 Å². The van der Waals surface area contributed by atoms with E-state index in [9.17, 15) is 0 Å². The van der Waals surface area contributed by atoms with Gasteiger partial charge in [-0.05, 0) is 31.6 Å². The van der Waals surface area contributed by atoms with Gasteiger partial charge in [0.15, 0.2) is 0 Å². The van der Waals surface area contributed by atoms with Crippen LogP contribution in [0.15, 0.2) is 0 Å². The molecule has 0 saturated heterocycles. The molecule has 1 aliphatic carbocycles. The Hall–Kier alpha value is -0.480. The number of terminal acetylenes is 1. The first kappa shape index (κ1) is 9.61. The molecule has 0 spiro atoms. The molecule has 0 aromatic rings. The van der Waals surface area contributed by atoms with Gasteiger partial charge in [-0.25, -0.2) is 0 Å². The number of hydrogen-bond donors (Lipinski definition) is 1. The van der Waals surface area contributed by atoms with Crippen molar-refractivity contribution in [3.05, 3.63) is 0 Å². The van der Waals surface area contributed by atoms with Crippen LogP contribution in [0.2, 0.25) is 0 Å². The van der Waals surface area contributed by atoms with Crippen molar-refractivity contribution in [2.24, 2.45) is 5.92 Å². The molecule has 1 aliphatic rings. The molecule has 0 heterocycles. The summed E-state index contributed by atoms with van der Waals surface area (Å²) in [6.45, 7) is 4.37. The molecule has 68 valence electrons. The predicted octanol–water partition coefficient (Wildman–Crippen LogP) is 2.18. The van der Waals surface area contributed by atoms with Crippen molar-refractivity contribution in [1.82, 2.24) is 5.32 Å². The van der Waals surface area contributed by atoms with E-state index < -0.39 is 0 Å². The summed E-state index contributed by atoms with van der Waals surface area (Å²) in [5, 5.41) is 3.53. The second kappa shape index (κ2) is 4.52. The lowest BCUT2D eigenvalue weighted by atomic mass is 10.1. The number of nitrogens with one attached hydrogen (secondary N) is 1. The maximum absolute atomic E-state index is 5.39. The van der Waals surface area contributed by atoms with Gasteiger partial charge in [-0.3, -0.25) is 0 Å². The highest BCUT2D eigenvalue weighted by Gasteiger charge is 2.30. The van der Waals surface area contributed by atoms with Gasteiger partial charge in [-0.1, -0.05) is 19.8 Å². The minimum Gasteiger partial charge on any atom is -0.301 e.